The van der Waals surface area contributed by atoms with Crippen LogP contribution in [0.1, 0.15) is 20.8 Å². The number of nitrogens with one attached hydrogen (secondary N) is 1. The molecule has 0 amide bonds. The van der Waals surface area contributed by atoms with Crippen molar-refractivity contribution >= 4 is 16.7 Å². The molecule has 2 aromatic heterocycles. The van der Waals surface area contributed by atoms with Crippen LogP contribution >= 0.6 is 0 Å². The van der Waals surface area contributed by atoms with Crippen molar-refractivity contribution in [3.05, 3.63) is 66.7 Å². The Balaban J connectivity index is 2.02. The van der Waals surface area contributed by atoms with E-state index >= 15 is 0 Å². The van der Waals surface area contributed by atoms with Crippen molar-refractivity contribution in [3.8, 4) is 28.3 Å². The number of ether oxygens (including phenoxy) is 1. The van der Waals surface area contributed by atoms with E-state index in [1.807, 2.05) is 30.3 Å². The van der Waals surface area contributed by atoms with Gasteiger partial charge in [0.2, 0.25) is 0 Å². The molecule has 0 aliphatic rings. The van der Waals surface area contributed by atoms with Crippen LogP contribution in [0, 0.1) is 5.82 Å². The molecule has 152 valence electrons. The zero-order valence-electron chi connectivity index (χ0n) is 17.4. The second-order valence-electron chi connectivity index (χ2n) is 8.07. The fourth-order valence-electron chi connectivity index (χ4n) is 3.28. The van der Waals surface area contributed by atoms with Gasteiger partial charge in [0.25, 0.3) is 0 Å². The van der Waals surface area contributed by atoms with E-state index in [0.29, 0.717) is 34.0 Å². The molecule has 6 heteroatoms. The summed E-state index contributed by atoms with van der Waals surface area (Å²) in [5.41, 5.74) is 2.41. The van der Waals surface area contributed by atoms with Crippen molar-refractivity contribution in [1.82, 2.24) is 15.0 Å². The van der Waals surface area contributed by atoms with Crippen LogP contribution in [0.3, 0.4) is 0 Å². The third-order valence-corrected chi connectivity index (χ3v) is 4.58. The van der Waals surface area contributed by atoms with E-state index in [0.717, 1.165) is 10.9 Å². The highest BCUT2D eigenvalue weighted by molar-refractivity contribution is 5.98. The minimum atomic E-state index is -0.294. The van der Waals surface area contributed by atoms with E-state index in [4.69, 9.17) is 14.7 Å². The van der Waals surface area contributed by atoms with Gasteiger partial charge >= 0.3 is 0 Å². The summed E-state index contributed by atoms with van der Waals surface area (Å²) < 4.78 is 20.1. The smallest absolute Gasteiger partial charge is 0.163 e. The number of aromatic nitrogens is 3. The van der Waals surface area contributed by atoms with Crippen molar-refractivity contribution in [2.45, 2.75) is 26.3 Å². The monoisotopic (exact) mass is 402 g/mol. The molecule has 5 nitrogen and oxygen atoms in total. The van der Waals surface area contributed by atoms with E-state index in [2.05, 4.69) is 31.1 Å². The Morgan fingerprint density at radius 2 is 1.77 bits per heavy atom. The van der Waals surface area contributed by atoms with Crippen LogP contribution < -0.4 is 10.1 Å². The number of nitrogens with zero attached hydrogens (tertiary/aromatic N) is 3. The van der Waals surface area contributed by atoms with Crippen molar-refractivity contribution in [3.63, 3.8) is 0 Å². The Morgan fingerprint density at radius 3 is 2.43 bits per heavy atom. The van der Waals surface area contributed by atoms with Gasteiger partial charge in [0.1, 0.15) is 22.9 Å². The van der Waals surface area contributed by atoms with E-state index in [-0.39, 0.29) is 11.4 Å². The average molecular weight is 402 g/mol. The Hall–Kier alpha value is -3.54. The zero-order chi connectivity index (χ0) is 21.3. The van der Waals surface area contributed by atoms with Crippen LogP contribution in [-0.4, -0.2) is 27.6 Å². The number of benzene rings is 2. The molecule has 0 radical (unpaired) electrons. The molecule has 0 bridgehead atoms. The molecular formula is C24H23FN4O. The summed E-state index contributed by atoms with van der Waals surface area (Å²) in [4.78, 5) is 13.7. The van der Waals surface area contributed by atoms with E-state index in [9.17, 15) is 4.39 Å². The molecule has 0 aliphatic heterocycles. The van der Waals surface area contributed by atoms with E-state index < -0.39 is 0 Å². The molecule has 0 fully saturated rings. The fraction of sp³-hybridized carbons (Fsp3) is 0.208. The van der Waals surface area contributed by atoms with Crippen LogP contribution in [0.2, 0.25) is 0 Å². The van der Waals surface area contributed by atoms with Crippen molar-refractivity contribution in [2.75, 3.05) is 12.4 Å². The molecule has 1 N–H and O–H groups in total. The number of hydrogen-bond acceptors (Lipinski definition) is 5. The first-order valence-electron chi connectivity index (χ1n) is 9.69. The van der Waals surface area contributed by atoms with Gasteiger partial charge in [0, 0.05) is 34.4 Å². The van der Waals surface area contributed by atoms with Crippen molar-refractivity contribution in [1.29, 1.82) is 0 Å². The molecule has 0 spiro atoms. The molecule has 2 heterocycles. The first kappa shape index (κ1) is 19.8. The number of fused-ring (bicyclic) bond motifs is 1. The lowest BCUT2D eigenvalue weighted by Crippen LogP contribution is -2.27. The largest absolute Gasteiger partial charge is 0.494 e. The summed E-state index contributed by atoms with van der Waals surface area (Å²) in [6.07, 6.45) is 3.43. The third-order valence-electron chi connectivity index (χ3n) is 4.58. The molecule has 0 saturated carbocycles. The summed E-state index contributed by atoms with van der Waals surface area (Å²) >= 11 is 0. The van der Waals surface area contributed by atoms with Crippen LogP contribution in [0.5, 0.6) is 5.75 Å². The second-order valence-corrected chi connectivity index (χ2v) is 8.07. The van der Waals surface area contributed by atoms with Crippen LogP contribution in [-0.2, 0) is 0 Å². The maximum atomic E-state index is 14.5. The van der Waals surface area contributed by atoms with E-state index in [1.165, 1.54) is 6.07 Å². The topological polar surface area (TPSA) is 59.9 Å². The lowest BCUT2D eigenvalue weighted by molar-refractivity contribution is 0.419. The predicted octanol–water partition coefficient (Wildman–Crippen LogP) is 5.72. The molecule has 0 aliphatic carbocycles. The lowest BCUT2D eigenvalue weighted by atomic mass is 10.0. The number of methoxy groups -OCH3 is 1. The SMILES string of the molecule is COc1cc(-c2ccccc2F)cc2c(NC(C)(C)C)nc(-c3cccnc3)nc12. The minimum absolute atomic E-state index is 0.241. The normalized spacial score (nSPS) is 11.5. The van der Waals surface area contributed by atoms with Crippen LogP contribution in [0.25, 0.3) is 33.4 Å². The fourth-order valence-corrected chi connectivity index (χ4v) is 3.28. The zero-order valence-corrected chi connectivity index (χ0v) is 17.4. The molecule has 30 heavy (non-hydrogen) atoms. The Morgan fingerprint density at radius 1 is 0.967 bits per heavy atom. The van der Waals surface area contributed by atoms with Gasteiger partial charge in [0.05, 0.1) is 7.11 Å². The minimum Gasteiger partial charge on any atom is -0.494 e. The maximum Gasteiger partial charge on any atom is 0.163 e. The Kier molecular flexibility index (Phi) is 5.08. The Bertz CT molecular complexity index is 1200. The first-order valence-corrected chi connectivity index (χ1v) is 9.69. The highest BCUT2D eigenvalue weighted by Gasteiger charge is 2.19. The lowest BCUT2D eigenvalue weighted by Gasteiger charge is -2.23. The number of rotatable bonds is 4. The molecule has 0 unspecified atom stereocenters. The van der Waals surface area contributed by atoms with Crippen molar-refractivity contribution in [2.24, 2.45) is 0 Å². The number of pyridine rings is 1. The molecule has 4 aromatic rings. The van der Waals surface area contributed by atoms with Gasteiger partial charge in [-0.15, -0.1) is 0 Å². The predicted molar refractivity (Wildman–Crippen MR) is 118 cm³/mol. The number of hydrogen-bond donors (Lipinski definition) is 1. The summed E-state index contributed by atoms with van der Waals surface area (Å²) in [5, 5.41) is 4.22. The molecular weight excluding hydrogens is 379 g/mol. The maximum absolute atomic E-state index is 14.5. The van der Waals surface area contributed by atoms with Crippen LogP contribution in [0.4, 0.5) is 10.2 Å². The summed E-state index contributed by atoms with van der Waals surface area (Å²) in [7, 11) is 1.59. The third kappa shape index (κ3) is 3.94. The summed E-state index contributed by atoms with van der Waals surface area (Å²) in [5.74, 6) is 1.45. The van der Waals surface area contributed by atoms with Gasteiger partial charge < -0.3 is 10.1 Å². The van der Waals surface area contributed by atoms with E-state index in [1.54, 1.807) is 31.6 Å². The average Bonchev–Trinajstić information content (AvgIpc) is 2.73. The molecule has 2 aromatic carbocycles. The Labute approximate surface area is 175 Å². The highest BCUT2D eigenvalue weighted by Crippen LogP contribution is 2.37. The van der Waals surface area contributed by atoms with Gasteiger partial charge in [-0.25, -0.2) is 14.4 Å². The van der Waals surface area contributed by atoms with Gasteiger partial charge in [0.15, 0.2) is 5.82 Å². The number of anilines is 1. The number of halogens is 1. The van der Waals surface area contributed by atoms with Crippen LogP contribution in [0.15, 0.2) is 60.9 Å². The van der Waals surface area contributed by atoms with Gasteiger partial charge in [-0.2, -0.15) is 0 Å². The molecule has 0 atom stereocenters. The van der Waals surface area contributed by atoms with Gasteiger partial charge in [-0.3, -0.25) is 4.98 Å². The second kappa shape index (κ2) is 7.71. The van der Waals surface area contributed by atoms with Gasteiger partial charge in [-0.1, -0.05) is 18.2 Å². The molecule has 0 saturated heterocycles. The first-order chi connectivity index (χ1) is 14.4. The standard InChI is InChI=1S/C24H23FN4O/c1-24(2,3)29-23-18-12-16(17-9-5-6-10-19(17)25)13-20(30-4)21(18)27-22(28-23)15-8-7-11-26-14-15/h5-14H,1-4H3,(H,27,28,29). The van der Waals surface area contributed by atoms with Gasteiger partial charge in [-0.05, 0) is 56.7 Å². The highest BCUT2D eigenvalue weighted by atomic mass is 19.1. The molecule has 4 rings (SSSR count). The summed E-state index contributed by atoms with van der Waals surface area (Å²) in [6.45, 7) is 6.17. The van der Waals surface area contributed by atoms with Crippen molar-refractivity contribution < 1.29 is 9.13 Å². The summed E-state index contributed by atoms with van der Waals surface area (Å²) in [6, 6.07) is 14.1. The quantitative estimate of drug-likeness (QED) is 0.473.